The van der Waals surface area contributed by atoms with Crippen molar-refractivity contribution in [2.24, 2.45) is 0 Å². The average molecular weight is 413 g/mol. The van der Waals surface area contributed by atoms with Crippen LogP contribution in [0.25, 0.3) is 11.1 Å². The summed E-state index contributed by atoms with van der Waals surface area (Å²) < 4.78 is 0. The smallest absolute Gasteiger partial charge is 0.322 e. The van der Waals surface area contributed by atoms with Gasteiger partial charge in [0, 0.05) is 5.56 Å². The summed E-state index contributed by atoms with van der Waals surface area (Å²) in [6.07, 6.45) is 1.06. The normalized spacial score (nSPS) is 18.0. The molecule has 0 radical (unpaired) electrons. The van der Waals surface area contributed by atoms with Crippen LogP contribution in [0, 0.1) is 0 Å². The molecule has 3 aromatic rings. The van der Waals surface area contributed by atoms with Crippen LogP contribution >= 0.6 is 0 Å². The summed E-state index contributed by atoms with van der Waals surface area (Å²) in [4.78, 5) is 37.9. The highest BCUT2D eigenvalue weighted by Gasteiger charge is 2.48. The van der Waals surface area contributed by atoms with Crippen LogP contribution in [0.2, 0.25) is 0 Å². The highest BCUT2D eigenvalue weighted by Crippen LogP contribution is 2.23. The lowest BCUT2D eigenvalue weighted by Gasteiger charge is -2.21. The van der Waals surface area contributed by atoms with Crippen molar-refractivity contribution in [3.8, 4) is 11.1 Å². The summed E-state index contributed by atoms with van der Waals surface area (Å²) in [6, 6.07) is 25.9. The number of imide groups is 1. The van der Waals surface area contributed by atoms with Gasteiger partial charge in [0.05, 0.1) is 0 Å². The summed E-state index contributed by atoms with van der Waals surface area (Å²) in [5, 5.41) is 3.49. The van der Waals surface area contributed by atoms with E-state index in [0.29, 0.717) is 18.4 Å². The molecule has 0 aliphatic carbocycles. The monoisotopic (exact) mass is 413 g/mol. The van der Waals surface area contributed by atoms with Crippen molar-refractivity contribution >= 4 is 17.8 Å². The van der Waals surface area contributed by atoms with E-state index in [1.807, 2.05) is 72.8 Å². The molecule has 4 amide bonds. The quantitative estimate of drug-likeness (QED) is 0.601. The van der Waals surface area contributed by atoms with E-state index in [-0.39, 0.29) is 0 Å². The lowest BCUT2D eigenvalue weighted by atomic mass is 9.93. The molecule has 3 aromatic carbocycles. The number of benzene rings is 3. The Bertz CT molecular complexity index is 1100. The Balaban J connectivity index is 1.42. The molecule has 31 heavy (non-hydrogen) atoms. The molecule has 2 N–H and O–H groups in total. The molecule has 1 atom stereocenters. The van der Waals surface area contributed by atoms with Crippen molar-refractivity contribution in [1.82, 2.24) is 15.8 Å². The zero-order valence-electron chi connectivity index (χ0n) is 17.2. The summed E-state index contributed by atoms with van der Waals surface area (Å²) in [6.45, 7) is 1.68. The molecule has 6 nitrogen and oxygen atoms in total. The van der Waals surface area contributed by atoms with Crippen molar-refractivity contribution in [2.45, 2.75) is 25.3 Å². The lowest BCUT2D eigenvalue weighted by Crippen LogP contribution is -2.48. The molecule has 1 heterocycles. The number of hydrogen-bond acceptors (Lipinski definition) is 3. The van der Waals surface area contributed by atoms with Crippen LogP contribution in [-0.2, 0) is 11.2 Å². The second kappa shape index (κ2) is 8.44. The number of hydrazine groups is 1. The minimum absolute atomic E-state index is 0.359. The number of hydrogen-bond donors (Lipinski definition) is 2. The number of amides is 4. The molecular formula is C25H23N3O3. The standard InChI is InChI=1S/C25H23N3O3/c1-25(17-16-18-8-4-2-5-9-18)23(30)28(24(31)26-25)27-22(29)21-14-12-20(13-15-21)19-10-6-3-7-11-19/h2-15H,16-17H2,1H3,(H,26,31)(H,27,29). The Labute approximate surface area is 180 Å². The van der Waals surface area contributed by atoms with E-state index in [2.05, 4.69) is 10.7 Å². The largest absolute Gasteiger partial charge is 0.344 e. The molecule has 1 aliphatic heterocycles. The molecule has 1 unspecified atom stereocenters. The number of nitrogens with one attached hydrogen (secondary N) is 2. The number of nitrogens with zero attached hydrogens (tertiary/aromatic N) is 1. The summed E-state index contributed by atoms with van der Waals surface area (Å²) >= 11 is 0. The first-order chi connectivity index (χ1) is 15.0. The molecule has 4 rings (SSSR count). The van der Waals surface area contributed by atoms with Gasteiger partial charge in [-0.05, 0) is 48.6 Å². The predicted molar refractivity (Wildman–Crippen MR) is 118 cm³/mol. The van der Waals surface area contributed by atoms with Crippen LogP contribution in [0.4, 0.5) is 4.79 Å². The van der Waals surface area contributed by atoms with Gasteiger partial charge in [-0.2, -0.15) is 5.01 Å². The molecule has 0 bridgehead atoms. The Morgan fingerprint density at radius 3 is 2.10 bits per heavy atom. The fourth-order valence-electron chi connectivity index (χ4n) is 3.61. The Morgan fingerprint density at radius 1 is 0.871 bits per heavy atom. The van der Waals surface area contributed by atoms with E-state index in [1.165, 1.54) is 0 Å². The van der Waals surface area contributed by atoms with Gasteiger partial charge in [0.2, 0.25) is 0 Å². The van der Waals surface area contributed by atoms with Gasteiger partial charge in [-0.25, -0.2) is 4.79 Å². The average Bonchev–Trinajstić information content (AvgIpc) is 3.02. The minimum atomic E-state index is -1.07. The van der Waals surface area contributed by atoms with Crippen molar-refractivity contribution < 1.29 is 14.4 Å². The van der Waals surface area contributed by atoms with Gasteiger partial charge in [0.15, 0.2) is 0 Å². The van der Waals surface area contributed by atoms with Gasteiger partial charge in [0.1, 0.15) is 5.54 Å². The summed E-state index contributed by atoms with van der Waals surface area (Å²) in [7, 11) is 0. The number of carbonyl (C=O) groups is 3. The SMILES string of the molecule is CC1(CCc2ccccc2)NC(=O)N(NC(=O)c2ccc(-c3ccccc3)cc2)C1=O. The number of aryl methyl sites for hydroxylation is 1. The Kier molecular flexibility index (Phi) is 5.54. The lowest BCUT2D eigenvalue weighted by molar-refractivity contribution is -0.132. The molecule has 0 saturated carbocycles. The van der Waals surface area contributed by atoms with Crippen molar-refractivity contribution in [3.05, 3.63) is 96.1 Å². The fourth-order valence-corrected chi connectivity index (χ4v) is 3.61. The zero-order valence-corrected chi connectivity index (χ0v) is 17.2. The predicted octanol–water partition coefficient (Wildman–Crippen LogP) is 3.94. The van der Waals surface area contributed by atoms with Crippen LogP contribution in [0.5, 0.6) is 0 Å². The van der Waals surface area contributed by atoms with Gasteiger partial charge in [-0.15, -0.1) is 0 Å². The number of urea groups is 1. The van der Waals surface area contributed by atoms with E-state index in [4.69, 9.17) is 0 Å². The topological polar surface area (TPSA) is 78.5 Å². The highest BCUT2D eigenvalue weighted by atomic mass is 16.2. The first kappa shape index (κ1) is 20.3. The molecule has 156 valence electrons. The fraction of sp³-hybridized carbons (Fsp3) is 0.160. The second-order valence-electron chi connectivity index (χ2n) is 7.77. The molecule has 0 aromatic heterocycles. The van der Waals surface area contributed by atoms with Crippen molar-refractivity contribution in [1.29, 1.82) is 0 Å². The summed E-state index contributed by atoms with van der Waals surface area (Å²) in [5.41, 5.74) is 4.82. The maximum atomic E-state index is 12.9. The van der Waals surface area contributed by atoms with Gasteiger partial charge in [-0.3, -0.25) is 15.0 Å². The van der Waals surface area contributed by atoms with E-state index in [1.54, 1.807) is 19.1 Å². The maximum Gasteiger partial charge on any atom is 0.344 e. The second-order valence-corrected chi connectivity index (χ2v) is 7.77. The third-order valence-corrected chi connectivity index (χ3v) is 5.49. The molecular weight excluding hydrogens is 390 g/mol. The Morgan fingerprint density at radius 2 is 1.45 bits per heavy atom. The van der Waals surface area contributed by atoms with Crippen molar-refractivity contribution in [3.63, 3.8) is 0 Å². The first-order valence-corrected chi connectivity index (χ1v) is 10.1. The third-order valence-electron chi connectivity index (χ3n) is 5.49. The van der Waals surface area contributed by atoms with Crippen molar-refractivity contribution in [2.75, 3.05) is 0 Å². The van der Waals surface area contributed by atoms with Gasteiger partial charge >= 0.3 is 6.03 Å². The molecule has 1 aliphatic rings. The molecule has 6 heteroatoms. The molecule has 0 spiro atoms. The Hall–Kier alpha value is -3.93. The van der Waals surface area contributed by atoms with Gasteiger partial charge < -0.3 is 5.32 Å². The van der Waals surface area contributed by atoms with Crippen LogP contribution in [0.15, 0.2) is 84.9 Å². The van der Waals surface area contributed by atoms with Crippen LogP contribution in [-0.4, -0.2) is 28.4 Å². The maximum absolute atomic E-state index is 12.9. The van der Waals surface area contributed by atoms with Crippen LogP contribution < -0.4 is 10.7 Å². The molecule has 1 fully saturated rings. The van der Waals surface area contributed by atoms with Gasteiger partial charge in [-0.1, -0.05) is 72.8 Å². The van der Waals surface area contributed by atoms with Crippen LogP contribution in [0.3, 0.4) is 0 Å². The van der Waals surface area contributed by atoms with E-state index in [0.717, 1.165) is 21.7 Å². The zero-order chi connectivity index (χ0) is 21.8. The minimum Gasteiger partial charge on any atom is -0.322 e. The van der Waals surface area contributed by atoms with Crippen LogP contribution in [0.1, 0.15) is 29.3 Å². The summed E-state index contributed by atoms with van der Waals surface area (Å²) in [5.74, 6) is -0.988. The van der Waals surface area contributed by atoms with Gasteiger partial charge in [0.25, 0.3) is 11.8 Å². The highest BCUT2D eigenvalue weighted by molar-refractivity contribution is 6.09. The van der Waals surface area contributed by atoms with E-state index < -0.39 is 23.4 Å². The number of carbonyl (C=O) groups excluding carboxylic acids is 3. The number of rotatable bonds is 6. The molecule has 1 saturated heterocycles. The van der Waals surface area contributed by atoms with E-state index in [9.17, 15) is 14.4 Å². The third kappa shape index (κ3) is 4.33. The van der Waals surface area contributed by atoms with E-state index >= 15 is 0 Å². The first-order valence-electron chi connectivity index (χ1n) is 10.1.